The molecule has 0 amide bonds. The summed E-state index contributed by atoms with van der Waals surface area (Å²) in [6.45, 7) is 0. The third kappa shape index (κ3) is 3.65. The van der Waals surface area contributed by atoms with Crippen LogP contribution in [0.3, 0.4) is 0 Å². The van der Waals surface area contributed by atoms with E-state index in [0.717, 1.165) is 6.16 Å². The summed E-state index contributed by atoms with van der Waals surface area (Å²) in [4.78, 5) is 0. The summed E-state index contributed by atoms with van der Waals surface area (Å²) in [5.74, 6) is 2.55. The van der Waals surface area contributed by atoms with Crippen molar-refractivity contribution in [3.8, 4) is 0 Å². The molecule has 140 valence electrons. The van der Waals surface area contributed by atoms with Crippen molar-refractivity contribution in [2.24, 2.45) is 0 Å². The zero-order chi connectivity index (χ0) is 18.6. The molecule has 1 heterocycles. The van der Waals surface area contributed by atoms with Gasteiger partial charge in [0.25, 0.3) is 0 Å². The van der Waals surface area contributed by atoms with Gasteiger partial charge in [0, 0.05) is 0 Å². The molecule has 3 aromatic rings. The molecule has 1 aliphatic rings. The number of halogens is 1. The van der Waals surface area contributed by atoms with E-state index in [-0.39, 0.29) is 0 Å². The van der Waals surface area contributed by atoms with Gasteiger partial charge in [0.15, 0.2) is 0 Å². The van der Waals surface area contributed by atoms with Crippen molar-refractivity contribution in [3.05, 3.63) is 91.0 Å². The summed E-state index contributed by atoms with van der Waals surface area (Å²) in [6.07, 6.45) is 2.46. The Morgan fingerprint density at radius 1 is 0.667 bits per heavy atom. The molecule has 1 aliphatic heterocycles. The van der Waals surface area contributed by atoms with Crippen LogP contribution in [0.5, 0.6) is 0 Å². The average Bonchev–Trinajstić information content (AvgIpc) is 2.76. The van der Waals surface area contributed by atoms with Crippen LogP contribution < -0.4 is 15.9 Å². The van der Waals surface area contributed by atoms with Crippen LogP contribution in [0.1, 0.15) is 6.42 Å². The van der Waals surface area contributed by atoms with Gasteiger partial charge in [-0.25, -0.2) is 0 Å². The first-order chi connectivity index (χ1) is 13.2. The van der Waals surface area contributed by atoms with Gasteiger partial charge in [-0.2, -0.15) is 0 Å². The van der Waals surface area contributed by atoms with Crippen molar-refractivity contribution in [1.82, 2.24) is 0 Å². The second kappa shape index (κ2) is 8.33. The molecule has 0 radical (unpaired) electrons. The molecule has 0 saturated carbocycles. The van der Waals surface area contributed by atoms with E-state index in [0.29, 0.717) is 4.58 Å². The van der Waals surface area contributed by atoms with Gasteiger partial charge in [-0.05, 0) is 0 Å². The maximum atomic E-state index is 4.56. The molecule has 0 bridgehead atoms. The molecule has 3 aromatic carbocycles. The summed E-state index contributed by atoms with van der Waals surface area (Å²) < 4.78 is 0.608. The van der Waals surface area contributed by atoms with E-state index in [9.17, 15) is 0 Å². The van der Waals surface area contributed by atoms with Crippen LogP contribution in [0, 0.1) is 0 Å². The average molecular weight is 475 g/mol. The molecule has 0 aromatic heterocycles. The summed E-state index contributed by atoms with van der Waals surface area (Å²) in [6, 6.07) is 33.4. The number of thioether (sulfide) groups is 2. The first-order valence-electron chi connectivity index (χ1n) is 9.35. The van der Waals surface area contributed by atoms with Gasteiger partial charge in [0.05, 0.1) is 0 Å². The SMILES string of the molecule is BrP(CC1SCCCS1)(c1ccccc1)(c1ccccc1)c1ccccc1. The fraction of sp³-hybridized carbons (Fsp3) is 0.217. The number of benzene rings is 3. The molecular formula is C23H24BrPS2. The zero-order valence-electron chi connectivity index (χ0n) is 15.2. The summed E-state index contributed by atoms with van der Waals surface area (Å²) in [5.41, 5.74) is 0. The number of hydrogen-bond acceptors (Lipinski definition) is 2. The van der Waals surface area contributed by atoms with Gasteiger partial charge in [-0.1, -0.05) is 0 Å². The predicted molar refractivity (Wildman–Crippen MR) is 132 cm³/mol. The first kappa shape index (κ1) is 19.6. The fourth-order valence-electron chi connectivity index (χ4n) is 3.90. The van der Waals surface area contributed by atoms with Crippen LogP contribution in [0.4, 0.5) is 0 Å². The third-order valence-corrected chi connectivity index (χ3v) is 18.4. The quantitative estimate of drug-likeness (QED) is 0.414. The second-order valence-corrected chi connectivity index (χ2v) is 18.8. The Hall–Kier alpha value is -0.730. The molecule has 0 atom stereocenters. The van der Waals surface area contributed by atoms with E-state index >= 15 is 0 Å². The Morgan fingerprint density at radius 3 is 1.41 bits per heavy atom. The van der Waals surface area contributed by atoms with E-state index in [1.165, 1.54) is 33.8 Å². The van der Waals surface area contributed by atoms with E-state index in [4.69, 9.17) is 0 Å². The molecule has 1 saturated heterocycles. The van der Waals surface area contributed by atoms with Crippen LogP contribution in [0.15, 0.2) is 91.0 Å². The van der Waals surface area contributed by atoms with Gasteiger partial charge < -0.3 is 0 Å². The number of hydrogen-bond donors (Lipinski definition) is 0. The molecule has 4 rings (SSSR count). The Morgan fingerprint density at radius 2 is 1.04 bits per heavy atom. The summed E-state index contributed by atoms with van der Waals surface area (Å²) >= 11 is 8.83. The van der Waals surface area contributed by atoms with Gasteiger partial charge in [-0.3, -0.25) is 0 Å². The second-order valence-electron chi connectivity index (χ2n) is 6.90. The minimum atomic E-state index is -2.75. The van der Waals surface area contributed by atoms with Crippen LogP contribution in [-0.4, -0.2) is 22.2 Å². The van der Waals surface area contributed by atoms with E-state index < -0.39 is 5.31 Å². The Kier molecular flexibility index (Phi) is 6.04. The predicted octanol–water partition coefficient (Wildman–Crippen LogP) is 6.02. The van der Waals surface area contributed by atoms with Crippen molar-refractivity contribution >= 4 is 60.2 Å². The zero-order valence-corrected chi connectivity index (χ0v) is 19.3. The molecule has 0 spiro atoms. The molecule has 0 aliphatic carbocycles. The van der Waals surface area contributed by atoms with Crippen LogP contribution in [0.2, 0.25) is 0 Å². The standard InChI is InChI=1S/C23H24BrPS2/c24-25(20-11-4-1-5-12-20,21-13-6-2-7-14-21,22-15-8-3-9-16-22)19-23-26-17-10-18-27-23/h1-9,11-16,23H,10,17-19H2. The van der Waals surface area contributed by atoms with Crippen molar-refractivity contribution in [1.29, 1.82) is 0 Å². The first-order valence-corrected chi connectivity index (χ1v) is 15.9. The van der Waals surface area contributed by atoms with Gasteiger partial charge in [0.2, 0.25) is 0 Å². The number of rotatable bonds is 5. The minimum absolute atomic E-state index is 0.608. The fourth-order valence-corrected chi connectivity index (χ4v) is 17.4. The maximum absolute atomic E-state index is 4.56. The van der Waals surface area contributed by atoms with E-state index in [1.54, 1.807) is 0 Å². The molecule has 0 nitrogen and oxygen atoms in total. The Bertz CT molecular complexity index is 765. The summed E-state index contributed by atoms with van der Waals surface area (Å²) in [5, 5.41) is 1.52. The van der Waals surface area contributed by atoms with Crippen molar-refractivity contribution in [2.75, 3.05) is 17.7 Å². The van der Waals surface area contributed by atoms with Crippen LogP contribution in [-0.2, 0) is 0 Å². The van der Waals surface area contributed by atoms with E-state index in [1.807, 2.05) is 0 Å². The Balaban J connectivity index is 1.99. The Labute approximate surface area is 179 Å². The molecular weight excluding hydrogens is 451 g/mol. The van der Waals surface area contributed by atoms with E-state index in [2.05, 4.69) is 130 Å². The molecule has 0 unspecified atom stereocenters. The van der Waals surface area contributed by atoms with Crippen LogP contribution >= 0.6 is 44.3 Å². The van der Waals surface area contributed by atoms with Crippen molar-refractivity contribution in [3.63, 3.8) is 0 Å². The topological polar surface area (TPSA) is 0 Å². The third-order valence-electron chi connectivity index (χ3n) is 5.27. The monoisotopic (exact) mass is 474 g/mol. The van der Waals surface area contributed by atoms with Gasteiger partial charge in [-0.15, -0.1) is 0 Å². The summed E-state index contributed by atoms with van der Waals surface area (Å²) in [7, 11) is 0. The van der Waals surface area contributed by atoms with Crippen molar-refractivity contribution < 1.29 is 0 Å². The molecule has 0 N–H and O–H groups in total. The van der Waals surface area contributed by atoms with Gasteiger partial charge in [0.1, 0.15) is 0 Å². The normalized spacial score (nSPS) is 17.1. The van der Waals surface area contributed by atoms with Crippen molar-refractivity contribution in [2.45, 2.75) is 11.0 Å². The molecule has 4 heteroatoms. The molecule has 27 heavy (non-hydrogen) atoms. The van der Waals surface area contributed by atoms with Crippen LogP contribution in [0.25, 0.3) is 0 Å². The van der Waals surface area contributed by atoms with Gasteiger partial charge >= 0.3 is 180 Å². The molecule has 1 fully saturated rings.